The molecule has 1 saturated heterocycles. The van der Waals surface area contributed by atoms with Crippen LogP contribution in [0, 0.1) is 11.8 Å². The third-order valence-electron chi connectivity index (χ3n) is 5.48. The summed E-state index contributed by atoms with van der Waals surface area (Å²) in [6.45, 7) is 2.83. The summed E-state index contributed by atoms with van der Waals surface area (Å²) in [5.74, 6) is 1.20. The highest BCUT2D eigenvalue weighted by Gasteiger charge is 2.22. The van der Waals surface area contributed by atoms with Crippen molar-refractivity contribution < 1.29 is 4.79 Å². The first-order valence-electron chi connectivity index (χ1n) is 9.91. The van der Waals surface area contributed by atoms with Crippen molar-refractivity contribution in [2.24, 2.45) is 11.8 Å². The molecular formula is C22H26ClN3O. The summed E-state index contributed by atoms with van der Waals surface area (Å²) in [4.78, 5) is 17.0. The molecule has 1 aliphatic carbocycles. The number of anilines is 1. The van der Waals surface area contributed by atoms with Crippen molar-refractivity contribution >= 4 is 23.1 Å². The summed E-state index contributed by atoms with van der Waals surface area (Å²) < 4.78 is 0. The number of rotatable bonds is 7. The van der Waals surface area contributed by atoms with Gasteiger partial charge in [0.25, 0.3) is 0 Å². The van der Waals surface area contributed by atoms with Crippen molar-refractivity contribution in [3.05, 3.63) is 47.2 Å². The number of aromatic nitrogens is 1. The van der Waals surface area contributed by atoms with E-state index in [1.165, 1.54) is 12.8 Å². The van der Waals surface area contributed by atoms with E-state index < -0.39 is 0 Å². The molecule has 4 rings (SSSR count). The van der Waals surface area contributed by atoms with Crippen LogP contribution in [-0.2, 0) is 11.2 Å². The average molecular weight is 384 g/mol. The van der Waals surface area contributed by atoms with Crippen molar-refractivity contribution in [3.63, 3.8) is 0 Å². The number of piperidine rings is 1. The topological polar surface area (TPSA) is 54.0 Å². The highest BCUT2D eigenvalue weighted by Crippen LogP contribution is 2.32. The van der Waals surface area contributed by atoms with E-state index in [-0.39, 0.29) is 11.7 Å². The van der Waals surface area contributed by atoms with E-state index in [4.69, 9.17) is 11.6 Å². The van der Waals surface area contributed by atoms with Gasteiger partial charge in [0, 0.05) is 48.6 Å². The van der Waals surface area contributed by atoms with Crippen molar-refractivity contribution in [1.82, 2.24) is 10.3 Å². The van der Waals surface area contributed by atoms with Crippen LogP contribution >= 0.6 is 11.6 Å². The number of nitrogens with one attached hydrogen (secondary N) is 2. The molecule has 0 amide bonds. The maximum Gasteiger partial charge on any atom is 0.143 e. The quantitative estimate of drug-likeness (QED) is 0.747. The minimum absolute atomic E-state index is 0.106. The molecule has 142 valence electrons. The predicted molar refractivity (Wildman–Crippen MR) is 110 cm³/mol. The minimum atomic E-state index is 0.106. The fraction of sp³-hybridized carbons (Fsp3) is 0.455. The summed E-state index contributed by atoms with van der Waals surface area (Å²) in [7, 11) is 0. The smallest absolute Gasteiger partial charge is 0.143 e. The first kappa shape index (κ1) is 18.5. The monoisotopic (exact) mass is 383 g/mol. The van der Waals surface area contributed by atoms with Gasteiger partial charge in [-0.05, 0) is 61.9 Å². The largest absolute Gasteiger partial charge is 0.385 e. The Morgan fingerprint density at radius 3 is 2.93 bits per heavy atom. The molecule has 2 heterocycles. The third kappa shape index (κ3) is 4.88. The standard InChI is InChI=1S/C22H26ClN3O/c23-21-14-26-19(11-22(27)17-4-2-8-24-13-17)10-20(21)16-3-1-5-18(9-16)25-12-15-6-7-15/h1,3,5,9-10,14-15,17,24-25H,2,4,6-8,11-13H2/t17-/m1/s1. The second-order valence-electron chi connectivity index (χ2n) is 7.75. The Labute approximate surface area is 165 Å². The lowest BCUT2D eigenvalue weighted by molar-refractivity contribution is -0.122. The molecule has 4 nitrogen and oxygen atoms in total. The van der Waals surface area contributed by atoms with Gasteiger partial charge < -0.3 is 10.6 Å². The van der Waals surface area contributed by atoms with Gasteiger partial charge in [-0.3, -0.25) is 9.78 Å². The van der Waals surface area contributed by atoms with Gasteiger partial charge in [0.1, 0.15) is 5.78 Å². The molecule has 0 bridgehead atoms. The summed E-state index contributed by atoms with van der Waals surface area (Å²) in [6.07, 6.45) is 6.74. The van der Waals surface area contributed by atoms with Crippen LogP contribution in [0.1, 0.15) is 31.4 Å². The van der Waals surface area contributed by atoms with E-state index in [1.54, 1.807) is 6.20 Å². The van der Waals surface area contributed by atoms with E-state index >= 15 is 0 Å². The van der Waals surface area contributed by atoms with Crippen molar-refractivity contribution in [3.8, 4) is 11.1 Å². The summed E-state index contributed by atoms with van der Waals surface area (Å²) >= 11 is 6.43. The molecule has 2 N–H and O–H groups in total. The van der Waals surface area contributed by atoms with Crippen LogP contribution in [0.25, 0.3) is 11.1 Å². The maximum absolute atomic E-state index is 12.6. The van der Waals surface area contributed by atoms with E-state index in [2.05, 4.69) is 33.8 Å². The number of carbonyl (C=O) groups excluding carboxylic acids is 1. The van der Waals surface area contributed by atoms with Gasteiger partial charge in [0.05, 0.1) is 5.02 Å². The number of ketones is 1. The number of halogens is 1. The molecule has 1 aromatic carbocycles. The Morgan fingerprint density at radius 1 is 1.26 bits per heavy atom. The number of Topliss-reactive ketones (excluding diaryl/α,β-unsaturated/α-hetero) is 1. The van der Waals surface area contributed by atoms with Crippen LogP contribution < -0.4 is 10.6 Å². The normalized spacial score (nSPS) is 19.7. The molecule has 2 fully saturated rings. The first-order chi connectivity index (χ1) is 13.2. The second-order valence-corrected chi connectivity index (χ2v) is 8.15. The minimum Gasteiger partial charge on any atom is -0.385 e. The molecular weight excluding hydrogens is 358 g/mol. The van der Waals surface area contributed by atoms with Gasteiger partial charge in [-0.2, -0.15) is 0 Å². The van der Waals surface area contributed by atoms with Crippen LogP contribution in [0.3, 0.4) is 0 Å². The SMILES string of the molecule is O=C(Cc1cc(-c2cccc(NCC3CC3)c2)c(Cl)cn1)[C@@H]1CCCNC1. The van der Waals surface area contributed by atoms with Crippen LogP contribution in [0.5, 0.6) is 0 Å². The first-order valence-corrected chi connectivity index (χ1v) is 10.3. The van der Waals surface area contributed by atoms with E-state index in [0.717, 1.165) is 60.9 Å². The van der Waals surface area contributed by atoms with Crippen molar-refractivity contribution in [1.29, 1.82) is 0 Å². The molecule has 0 radical (unpaired) electrons. The Hall–Kier alpha value is -1.91. The highest BCUT2D eigenvalue weighted by atomic mass is 35.5. The van der Waals surface area contributed by atoms with Crippen molar-refractivity contribution in [2.75, 3.05) is 25.0 Å². The van der Waals surface area contributed by atoms with Gasteiger partial charge in [-0.1, -0.05) is 23.7 Å². The molecule has 2 aromatic rings. The zero-order valence-electron chi connectivity index (χ0n) is 15.5. The average Bonchev–Trinajstić information content (AvgIpc) is 3.53. The number of benzene rings is 1. The lowest BCUT2D eigenvalue weighted by Crippen LogP contribution is -2.35. The molecule has 2 aliphatic rings. The zero-order valence-corrected chi connectivity index (χ0v) is 16.3. The number of nitrogens with zero attached hydrogens (tertiary/aromatic N) is 1. The third-order valence-corrected chi connectivity index (χ3v) is 5.79. The van der Waals surface area contributed by atoms with E-state index in [1.807, 2.05) is 12.1 Å². The number of hydrogen-bond donors (Lipinski definition) is 2. The molecule has 1 aliphatic heterocycles. The molecule has 1 aromatic heterocycles. The summed E-state index contributed by atoms with van der Waals surface area (Å²) in [5, 5.41) is 7.43. The molecule has 5 heteroatoms. The highest BCUT2D eigenvalue weighted by molar-refractivity contribution is 6.33. The predicted octanol–water partition coefficient (Wildman–Crippen LogP) is 4.34. The molecule has 1 saturated carbocycles. The lowest BCUT2D eigenvalue weighted by atomic mass is 9.92. The van der Waals surface area contributed by atoms with Gasteiger partial charge in [0.15, 0.2) is 0 Å². The number of hydrogen-bond acceptors (Lipinski definition) is 4. The summed E-state index contributed by atoms with van der Waals surface area (Å²) in [5.41, 5.74) is 3.89. The number of carbonyl (C=O) groups is 1. The maximum atomic E-state index is 12.6. The fourth-order valence-electron chi connectivity index (χ4n) is 3.63. The Morgan fingerprint density at radius 2 is 2.15 bits per heavy atom. The van der Waals surface area contributed by atoms with Gasteiger partial charge in [-0.25, -0.2) is 0 Å². The fourth-order valence-corrected chi connectivity index (χ4v) is 3.84. The Bertz CT molecular complexity index is 813. The lowest BCUT2D eigenvalue weighted by Gasteiger charge is -2.21. The van der Waals surface area contributed by atoms with E-state index in [9.17, 15) is 4.79 Å². The Balaban J connectivity index is 1.49. The van der Waals surface area contributed by atoms with Crippen LogP contribution in [-0.4, -0.2) is 30.4 Å². The Kier molecular flexibility index (Phi) is 5.74. The van der Waals surface area contributed by atoms with Gasteiger partial charge in [-0.15, -0.1) is 0 Å². The molecule has 0 unspecified atom stereocenters. The second kappa shape index (κ2) is 8.41. The van der Waals surface area contributed by atoms with E-state index in [0.29, 0.717) is 11.4 Å². The zero-order chi connectivity index (χ0) is 18.6. The summed E-state index contributed by atoms with van der Waals surface area (Å²) in [6, 6.07) is 10.3. The number of pyridine rings is 1. The van der Waals surface area contributed by atoms with Crippen molar-refractivity contribution in [2.45, 2.75) is 32.1 Å². The molecule has 0 spiro atoms. The molecule has 27 heavy (non-hydrogen) atoms. The van der Waals surface area contributed by atoms with Crippen LogP contribution in [0.4, 0.5) is 5.69 Å². The van der Waals surface area contributed by atoms with Gasteiger partial charge in [0.2, 0.25) is 0 Å². The molecule has 1 atom stereocenters. The van der Waals surface area contributed by atoms with Crippen LogP contribution in [0.15, 0.2) is 36.5 Å². The van der Waals surface area contributed by atoms with Crippen LogP contribution in [0.2, 0.25) is 5.02 Å². The van der Waals surface area contributed by atoms with Gasteiger partial charge >= 0.3 is 0 Å².